The molecule has 122 valence electrons. The summed E-state index contributed by atoms with van der Waals surface area (Å²) in [5.41, 5.74) is 0. The summed E-state index contributed by atoms with van der Waals surface area (Å²) >= 11 is 5.39. The van der Waals surface area contributed by atoms with Gasteiger partial charge in [0.05, 0.1) is 13.2 Å². The van der Waals surface area contributed by atoms with Crippen molar-refractivity contribution < 1.29 is 49.7 Å². The number of hydrogen-bond acceptors (Lipinski definition) is 8. The number of aliphatic carboxylic acids is 2. The van der Waals surface area contributed by atoms with E-state index in [1.807, 2.05) is 0 Å². The largest absolute Gasteiger partial charge is 0.479 e. The van der Waals surface area contributed by atoms with Crippen LogP contribution in [0.4, 0.5) is 0 Å². The Labute approximate surface area is 123 Å². The van der Waals surface area contributed by atoms with E-state index in [4.69, 9.17) is 36.4 Å². The number of hydrogen-bond donors (Lipinski definition) is 6. The molecule has 5 atom stereocenters. The molecule has 0 bridgehead atoms. The number of aliphatic hydroxyl groups is 4. The minimum absolute atomic E-state index is 0.714. The van der Waals surface area contributed by atoms with Gasteiger partial charge in [-0.25, -0.2) is 9.59 Å². The first-order valence-corrected chi connectivity index (χ1v) is 6.10. The maximum atomic E-state index is 10.8. The van der Waals surface area contributed by atoms with E-state index in [2.05, 4.69) is 0 Å². The zero-order valence-electron chi connectivity index (χ0n) is 10.5. The van der Waals surface area contributed by atoms with Gasteiger partial charge in [0.2, 0.25) is 0 Å². The first kappa shape index (κ1) is 18.0. The van der Waals surface area contributed by atoms with Crippen LogP contribution in [0.5, 0.6) is 0 Å². The summed E-state index contributed by atoms with van der Waals surface area (Å²) < 4.78 is 9.69. The van der Waals surface area contributed by atoms with Gasteiger partial charge in [-0.15, -0.1) is 0 Å². The van der Waals surface area contributed by atoms with Crippen LogP contribution in [0.25, 0.3) is 0 Å². The number of halogens is 1. The third-order valence-electron chi connectivity index (χ3n) is 2.97. The topological polar surface area (TPSA) is 174 Å². The molecule has 0 aromatic carbocycles. The molecule has 1 aliphatic rings. The van der Waals surface area contributed by atoms with Crippen LogP contribution in [-0.2, 0) is 19.1 Å². The Morgan fingerprint density at radius 2 is 1.62 bits per heavy atom. The predicted molar refractivity (Wildman–Crippen MR) is 63.6 cm³/mol. The van der Waals surface area contributed by atoms with Gasteiger partial charge in [0.25, 0.3) is 4.87 Å². The van der Waals surface area contributed by atoms with Gasteiger partial charge < -0.3 is 40.1 Å². The van der Waals surface area contributed by atoms with Crippen LogP contribution in [0.3, 0.4) is 0 Å². The number of carboxylic acid groups (broad SMARTS) is 2. The number of carboxylic acids is 2. The summed E-state index contributed by atoms with van der Waals surface area (Å²) in [6.45, 7) is -1.80. The second kappa shape index (κ2) is 6.83. The molecule has 0 saturated carbocycles. The van der Waals surface area contributed by atoms with Gasteiger partial charge in [0, 0.05) is 0 Å². The molecule has 0 aromatic heterocycles. The Balaban J connectivity index is 2.77. The van der Waals surface area contributed by atoms with Gasteiger partial charge in [-0.05, 0) is 0 Å². The first-order chi connectivity index (χ1) is 9.65. The van der Waals surface area contributed by atoms with Gasteiger partial charge in [-0.2, -0.15) is 0 Å². The van der Waals surface area contributed by atoms with Gasteiger partial charge in [0.15, 0.2) is 6.29 Å². The molecule has 11 heteroatoms. The van der Waals surface area contributed by atoms with E-state index < -0.39 is 60.7 Å². The fraction of sp³-hybridized carbons (Fsp3) is 0.800. The van der Waals surface area contributed by atoms with Gasteiger partial charge in [0.1, 0.15) is 24.4 Å². The minimum atomic E-state index is -2.81. The van der Waals surface area contributed by atoms with Crippen molar-refractivity contribution in [3.05, 3.63) is 0 Å². The van der Waals surface area contributed by atoms with Crippen molar-refractivity contribution in [3.8, 4) is 0 Å². The van der Waals surface area contributed by atoms with Crippen molar-refractivity contribution in [2.75, 3.05) is 13.2 Å². The predicted octanol–water partition coefficient (Wildman–Crippen LogP) is -3.05. The number of alkyl halides is 1. The highest BCUT2D eigenvalue weighted by Crippen LogP contribution is 2.24. The van der Waals surface area contributed by atoms with E-state index in [1.54, 1.807) is 0 Å². The normalized spacial score (nSPS) is 33.7. The van der Waals surface area contributed by atoms with E-state index >= 15 is 0 Å². The van der Waals surface area contributed by atoms with Crippen molar-refractivity contribution in [3.63, 3.8) is 0 Å². The highest BCUT2D eigenvalue weighted by molar-refractivity contribution is 6.44. The second-order valence-electron chi connectivity index (χ2n) is 4.42. The molecule has 21 heavy (non-hydrogen) atoms. The lowest BCUT2D eigenvalue weighted by molar-refractivity contribution is -0.302. The molecule has 0 amide bonds. The van der Waals surface area contributed by atoms with Gasteiger partial charge >= 0.3 is 11.9 Å². The molecule has 6 N–H and O–H groups in total. The SMILES string of the molecule is O=C(O)C(Cl)(COC1OC(CO)C(O)C(O)C1O)C(=O)O. The second-order valence-corrected chi connectivity index (χ2v) is 5.06. The van der Waals surface area contributed by atoms with E-state index in [-0.39, 0.29) is 0 Å². The maximum Gasteiger partial charge on any atom is 0.338 e. The third kappa shape index (κ3) is 3.61. The van der Waals surface area contributed by atoms with Crippen molar-refractivity contribution in [1.29, 1.82) is 0 Å². The summed E-state index contributed by atoms with van der Waals surface area (Å²) in [7, 11) is 0. The molecule has 5 unspecified atom stereocenters. The molecule has 0 aliphatic carbocycles. The Kier molecular flexibility index (Phi) is 5.87. The molecule has 0 radical (unpaired) electrons. The maximum absolute atomic E-state index is 10.8. The molecule has 1 rings (SSSR count). The fourth-order valence-electron chi connectivity index (χ4n) is 1.62. The Bertz CT molecular complexity index is 385. The van der Waals surface area contributed by atoms with Gasteiger partial charge in [-0.3, -0.25) is 0 Å². The summed E-state index contributed by atoms with van der Waals surface area (Å²) in [5.74, 6) is -3.78. The van der Waals surface area contributed by atoms with E-state index in [0.717, 1.165) is 0 Å². The van der Waals surface area contributed by atoms with Crippen LogP contribution in [-0.4, -0.2) is 91.4 Å². The van der Waals surface area contributed by atoms with Crippen molar-refractivity contribution in [1.82, 2.24) is 0 Å². The van der Waals surface area contributed by atoms with Crippen LogP contribution in [0, 0.1) is 0 Å². The smallest absolute Gasteiger partial charge is 0.338 e. The quantitative estimate of drug-likeness (QED) is 0.217. The molecular formula is C10H15ClO10. The monoisotopic (exact) mass is 330 g/mol. The van der Waals surface area contributed by atoms with E-state index in [1.165, 1.54) is 0 Å². The zero-order chi connectivity index (χ0) is 16.4. The van der Waals surface area contributed by atoms with Crippen molar-refractivity contribution >= 4 is 23.5 Å². The Hall–Kier alpha value is -1.01. The fourth-order valence-corrected chi connectivity index (χ4v) is 1.68. The van der Waals surface area contributed by atoms with Crippen LogP contribution in [0.1, 0.15) is 0 Å². The van der Waals surface area contributed by atoms with Crippen molar-refractivity contribution in [2.24, 2.45) is 0 Å². The summed E-state index contributed by atoms with van der Waals surface area (Å²) in [6, 6.07) is 0. The molecule has 1 aliphatic heterocycles. The average molecular weight is 331 g/mol. The Morgan fingerprint density at radius 1 is 1.10 bits per heavy atom. The summed E-state index contributed by atoms with van der Waals surface area (Å²) in [4.78, 5) is 18.8. The van der Waals surface area contributed by atoms with Crippen LogP contribution >= 0.6 is 11.6 Å². The average Bonchev–Trinajstić information content (AvgIpc) is 2.43. The highest BCUT2D eigenvalue weighted by atomic mass is 35.5. The molecule has 1 saturated heterocycles. The van der Waals surface area contributed by atoms with Crippen molar-refractivity contribution in [2.45, 2.75) is 35.6 Å². The minimum Gasteiger partial charge on any atom is -0.479 e. The molecule has 1 fully saturated rings. The van der Waals surface area contributed by atoms with E-state index in [0.29, 0.717) is 0 Å². The van der Waals surface area contributed by atoms with E-state index in [9.17, 15) is 24.9 Å². The lowest BCUT2D eigenvalue weighted by Gasteiger charge is -2.40. The first-order valence-electron chi connectivity index (χ1n) is 5.73. The summed E-state index contributed by atoms with van der Waals surface area (Å²) in [5, 5.41) is 55.1. The number of rotatable bonds is 6. The molecule has 1 heterocycles. The molecular weight excluding hydrogens is 316 g/mol. The lowest BCUT2D eigenvalue weighted by Crippen LogP contribution is -2.60. The number of ether oxygens (including phenoxy) is 2. The Morgan fingerprint density at radius 3 is 2.05 bits per heavy atom. The standard InChI is InChI=1S/C10H15ClO10/c11-10(8(16)17,9(18)19)2-20-7-6(15)5(14)4(13)3(1-12)21-7/h3-7,12-15H,1-2H2,(H,16,17)(H,18,19). The number of carbonyl (C=O) groups is 2. The van der Waals surface area contributed by atoms with Crippen LogP contribution in [0.15, 0.2) is 0 Å². The van der Waals surface area contributed by atoms with Gasteiger partial charge in [-0.1, -0.05) is 11.6 Å². The molecule has 10 nitrogen and oxygen atoms in total. The number of aliphatic hydroxyl groups excluding tert-OH is 4. The molecule has 0 spiro atoms. The summed E-state index contributed by atoms with van der Waals surface area (Å²) in [6.07, 6.45) is -8.08. The highest BCUT2D eigenvalue weighted by Gasteiger charge is 2.49. The van der Waals surface area contributed by atoms with Crippen LogP contribution < -0.4 is 0 Å². The lowest BCUT2D eigenvalue weighted by atomic mass is 9.99. The molecule has 0 aromatic rings. The zero-order valence-corrected chi connectivity index (χ0v) is 11.3. The third-order valence-corrected chi connectivity index (χ3v) is 3.41. The van der Waals surface area contributed by atoms with Crippen LogP contribution in [0.2, 0.25) is 0 Å².